The van der Waals surface area contributed by atoms with Gasteiger partial charge in [-0.2, -0.15) is 0 Å². The van der Waals surface area contributed by atoms with Gasteiger partial charge in [0.05, 0.1) is 0 Å². The summed E-state index contributed by atoms with van der Waals surface area (Å²) in [5.74, 6) is 0. The first-order chi connectivity index (χ1) is 13.2. The zero-order chi connectivity index (χ0) is 20.1. The molecule has 0 saturated heterocycles. The molecule has 0 aliphatic heterocycles. The molecule has 0 N–H and O–H groups in total. The first-order valence-electron chi connectivity index (χ1n) is 12.9. The Morgan fingerprint density at radius 1 is 0.444 bits per heavy atom. The first-order valence-corrected chi connectivity index (χ1v) is 20.6. The van der Waals surface area contributed by atoms with Gasteiger partial charge in [-0.05, 0) is 0 Å². The van der Waals surface area contributed by atoms with Crippen LogP contribution in [0.15, 0.2) is 10.7 Å². The summed E-state index contributed by atoms with van der Waals surface area (Å²) in [4.78, 5) is 0. The molecule has 0 aromatic rings. The molecule has 0 heterocycles. The van der Waals surface area contributed by atoms with Crippen LogP contribution in [-0.4, -0.2) is 18.4 Å². The Morgan fingerprint density at radius 2 is 0.704 bits per heavy atom. The molecule has 1 heteroatoms. The molecule has 0 fully saturated rings. The van der Waals surface area contributed by atoms with Gasteiger partial charge in [-0.25, -0.2) is 0 Å². The Balaban J connectivity index is 4.25. The molecule has 0 radical (unpaired) electrons. The molecule has 0 unspecified atom stereocenters. The SMILES string of the molecule is C=[CH][Sn]([CH2]CCCCCCC)([CH2]CCCCCCC)[CH2]CCCCCCC. The van der Waals surface area contributed by atoms with E-state index in [-0.39, 0.29) is 0 Å². The van der Waals surface area contributed by atoms with Gasteiger partial charge in [0.1, 0.15) is 0 Å². The third-order valence-corrected chi connectivity index (χ3v) is 20.5. The van der Waals surface area contributed by atoms with Gasteiger partial charge in [0.15, 0.2) is 0 Å². The predicted octanol–water partition coefficient (Wildman–Crippen LogP) is 10.2. The third-order valence-electron chi connectivity index (χ3n) is 6.52. The van der Waals surface area contributed by atoms with Crippen LogP contribution in [0.5, 0.6) is 0 Å². The van der Waals surface area contributed by atoms with Gasteiger partial charge in [-0.15, -0.1) is 0 Å². The molecule has 0 aliphatic rings. The average molecular weight is 485 g/mol. The van der Waals surface area contributed by atoms with E-state index in [1.54, 1.807) is 13.3 Å². The molecule has 0 rings (SSSR count). The fourth-order valence-electron chi connectivity index (χ4n) is 4.45. The molecule has 0 nitrogen and oxygen atoms in total. The number of unbranched alkanes of at least 4 members (excludes halogenated alkanes) is 15. The van der Waals surface area contributed by atoms with Crippen LogP contribution in [0, 0.1) is 0 Å². The molecule has 162 valence electrons. The maximum atomic E-state index is 4.41. The second-order valence-corrected chi connectivity index (χ2v) is 22.3. The van der Waals surface area contributed by atoms with E-state index < -0.39 is 18.4 Å². The normalized spacial score (nSPS) is 11.8. The van der Waals surface area contributed by atoms with Crippen molar-refractivity contribution in [2.75, 3.05) is 0 Å². The van der Waals surface area contributed by atoms with Crippen LogP contribution in [0.3, 0.4) is 0 Å². The molecule has 0 aliphatic carbocycles. The molecule has 0 amide bonds. The van der Waals surface area contributed by atoms with Crippen LogP contribution in [0.25, 0.3) is 0 Å². The van der Waals surface area contributed by atoms with Crippen molar-refractivity contribution in [2.24, 2.45) is 0 Å². The van der Waals surface area contributed by atoms with Crippen molar-refractivity contribution in [3.8, 4) is 0 Å². The monoisotopic (exact) mass is 486 g/mol. The van der Waals surface area contributed by atoms with Crippen LogP contribution in [0.2, 0.25) is 13.3 Å². The van der Waals surface area contributed by atoms with E-state index in [0.29, 0.717) is 0 Å². The predicted molar refractivity (Wildman–Crippen MR) is 131 cm³/mol. The zero-order valence-electron chi connectivity index (χ0n) is 19.6. The van der Waals surface area contributed by atoms with E-state index in [1.807, 2.05) is 0 Å². The van der Waals surface area contributed by atoms with Crippen molar-refractivity contribution in [3.05, 3.63) is 10.7 Å². The third kappa shape index (κ3) is 17.1. The summed E-state index contributed by atoms with van der Waals surface area (Å²) < 4.78 is 7.40. The first kappa shape index (κ1) is 27.5. The summed E-state index contributed by atoms with van der Waals surface area (Å²) in [6, 6.07) is 0. The Labute approximate surface area is 178 Å². The van der Waals surface area contributed by atoms with Gasteiger partial charge in [-0.3, -0.25) is 0 Å². The second kappa shape index (κ2) is 21.3. The summed E-state index contributed by atoms with van der Waals surface area (Å²) in [5.41, 5.74) is 0. The topological polar surface area (TPSA) is 0 Å². The summed E-state index contributed by atoms with van der Waals surface area (Å²) in [6.07, 6.45) is 26.2. The van der Waals surface area contributed by atoms with Crippen LogP contribution in [0.1, 0.15) is 136 Å². The van der Waals surface area contributed by atoms with E-state index in [9.17, 15) is 0 Å². The Morgan fingerprint density at radius 3 is 0.963 bits per heavy atom. The zero-order valence-corrected chi connectivity index (χ0v) is 22.5. The van der Waals surface area contributed by atoms with Crippen molar-refractivity contribution >= 4 is 18.4 Å². The molecule has 0 spiro atoms. The van der Waals surface area contributed by atoms with Crippen LogP contribution in [0.4, 0.5) is 0 Å². The fraction of sp³-hybridized carbons (Fsp3) is 0.923. The summed E-state index contributed by atoms with van der Waals surface area (Å²) in [5, 5.41) is 0. The van der Waals surface area contributed by atoms with E-state index >= 15 is 0 Å². The summed E-state index contributed by atoms with van der Waals surface area (Å²) in [7, 11) is 0. The molecule has 0 aromatic carbocycles. The fourth-order valence-corrected chi connectivity index (χ4v) is 16.5. The molecular weight excluding hydrogens is 431 g/mol. The minimum atomic E-state index is -2.06. The Hall–Kier alpha value is 0.539. The maximum absolute atomic E-state index is 4.41. The molecule has 0 saturated carbocycles. The van der Waals surface area contributed by atoms with Gasteiger partial charge in [-0.1, -0.05) is 0 Å². The van der Waals surface area contributed by atoms with E-state index in [2.05, 4.69) is 31.4 Å². The number of hydrogen-bond acceptors (Lipinski definition) is 0. The van der Waals surface area contributed by atoms with Crippen LogP contribution in [-0.2, 0) is 0 Å². The van der Waals surface area contributed by atoms with Gasteiger partial charge in [0.2, 0.25) is 0 Å². The van der Waals surface area contributed by atoms with Gasteiger partial charge in [0.25, 0.3) is 0 Å². The molecule has 0 atom stereocenters. The van der Waals surface area contributed by atoms with Crippen molar-refractivity contribution in [3.63, 3.8) is 0 Å². The average Bonchev–Trinajstić information content (AvgIpc) is 2.69. The number of rotatable bonds is 22. The second-order valence-electron chi connectivity index (χ2n) is 9.12. The van der Waals surface area contributed by atoms with Crippen LogP contribution < -0.4 is 0 Å². The van der Waals surface area contributed by atoms with Crippen molar-refractivity contribution in [1.29, 1.82) is 0 Å². The molecular formula is C26H54Sn. The molecule has 27 heavy (non-hydrogen) atoms. The summed E-state index contributed by atoms with van der Waals surface area (Å²) in [6.45, 7) is 11.4. The van der Waals surface area contributed by atoms with Crippen LogP contribution >= 0.6 is 0 Å². The quantitative estimate of drug-likeness (QED) is 0.106. The molecule has 0 bridgehead atoms. The van der Waals surface area contributed by atoms with E-state index in [0.717, 1.165) is 0 Å². The minimum absolute atomic E-state index is 1.37. The van der Waals surface area contributed by atoms with Gasteiger partial charge >= 0.3 is 179 Å². The summed E-state index contributed by atoms with van der Waals surface area (Å²) >= 11 is -2.06. The van der Waals surface area contributed by atoms with Crippen molar-refractivity contribution < 1.29 is 0 Å². The number of hydrogen-bond donors (Lipinski definition) is 0. The molecule has 0 aromatic heterocycles. The van der Waals surface area contributed by atoms with Gasteiger partial charge < -0.3 is 0 Å². The van der Waals surface area contributed by atoms with E-state index in [1.165, 1.54) is 116 Å². The van der Waals surface area contributed by atoms with Crippen molar-refractivity contribution in [2.45, 2.75) is 150 Å². The Bertz CT molecular complexity index is 256. The van der Waals surface area contributed by atoms with Crippen molar-refractivity contribution in [1.82, 2.24) is 0 Å². The van der Waals surface area contributed by atoms with E-state index in [4.69, 9.17) is 0 Å². The standard InChI is InChI=1S/3C8H17.C2H3.Sn/c3*1-3-5-7-8-6-4-2;1-2;/h3*1,3-8H2,2H3;1H,2H2;. The van der Waals surface area contributed by atoms with Gasteiger partial charge in [0, 0.05) is 0 Å². The Kier molecular flexibility index (Phi) is 21.7.